The first-order valence-corrected chi connectivity index (χ1v) is 8.26. The van der Waals surface area contributed by atoms with Crippen molar-refractivity contribution >= 4 is 29.0 Å². The fourth-order valence-electron chi connectivity index (χ4n) is 2.63. The van der Waals surface area contributed by atoms with Gasteiger partial charge in [0.2, 0.25) is 0 Å². The van der Waals surface area contributed by atoms with E-state index < -0.39 is 0 Å². The fraction of sp³-hybridized carbons (Fsp3) is 0.294. The van der Waals surface area contributed by atoms with Gasteiger partial charge in [-0.1, -0.05) is 0 Å². The number of benzene rings is 1. The Morgan fingerprint density at radius 1 is 1.38 bits per heavy atom. The highest BCUT2D eigenvalue weighted by atomic mass is 32.1. The zero-order valence-electron chi connectivity index (χ0n) is 13.5. The minimum absolute atomic E-state index is 0.312. The lowest BCUT2D eigenvalue weighted by Crippen LogP contribution is -3.16. The van der Waals surface area contributed by atoms with Crippen molar-refractivity contribution in [1.82, 2.24) is 5.32 Å². The van der Waals surface area contributed by atoms with E-state index in [0.717, 1.165) is 31.3 Å². The molecule has 1 aliphatic heterocycles. The first kappa shape index (κ1) is 16.5. The molecule has 126 valence electrons. The van der Waals surface area contributed by atoms with E-state index in [9.17, 15) is 4.79 Å². The summed E-state index contributed by atoms with van der Waals surface area (Å²) >= 11 is 5.42. The van der Waals surface area contributed by atoms with E-state index in [1.54, 1.807) is 25.3 Å². The largest absolute Gasteiger partial charge is 0.463 e. The number of esters is 1. The maximum Gasteiger partial charge on any atom is 0.338 e. The Morgan fingerprint density at radius 3 is 2.83 bits per heavy atom. The van der Waals surface area contributed by atoms with Gasteiger partial charge < -0.3 is 14.5 Å². The van der Waals surface area contributed by atoms with Crippen LogP contribution in [0.15, 0.2) is 47.1 Å². The summed E-state index contributed by atoms with van der Waals surface area (Å²) in [4.78, 5) is 15.0. The van der Waals surface area contributed by atoms with E-state index in [2.05, 4.69) is 5.32 Å². The number of ether oxygens (including phenoxy) is 1. The summed E-state index contributed by atoms with van der Waals surface area (Å²) in [6, 6.07) is 11.2. The third-order valence-corrected chi connectivity index (χ3v) is 4.18. The molecule has 0 spiro atoms. The van der Waals surface area contributed by atoms with Crippen molar-refractivity contribution in [3.63, 3.8) is 0 Å². The van der Waals surface area contributed by atoms with Gasteiger partial charge in [0.1, 0.15) is 6.54 Å². The number of furan rings is 1. The molecular formula is C17H20N3O3S+. The third-order valence-electron chi connectivity index (χ3n) is 3.81. The minimum atomic E-state index is -0.312. The van der Waals surface area contributed by atoms with Crippen LogP contribution in [0.25, 0.3) is 0 Å². The Morgan fingerprint density at radius 2 is 2.17 bits per heavy atom. The van der Waals surface area contributed by atoms with Crippen LogP contribution in [0.2, 0.25) is 0 Å². The lowest BCUT2D eigenvalue weighted by atomic mass is 10.2. The number of nitrogens with one attached hydrogen (secondary N) is 2. The lowest BCUT2D eigenvalue weighted by Gasteiger charge is -2.34. The normalized spacial score (nSPS) is 17.5. The minimum Gasteiger partial charge on any atom is -0.463 e. The smallest absolute Gasteiger partial charge is 0.338 e. The molecule has 1 aliphatic rings. The standard InChI is InChI=1S/C17H19N3O3S/c1-2-22-16(21)13-5-7-14(8-6-13)20-12-19(11-18-17(20)24)10-15-4-3-9-23-15/h3-9H,2,10-12H2,1H3,(H,18,24)/p+1. The molecule has 1 fully saturated rings. The molecule has 1 aromatic heterocycles. The van der Waals surface area contributed by atoms with Crippen molar-refractivity contribution < 1.29 is 18.8 Å². The predicted octanol–water partition coefficient (Wildman–Crippen LogP) is 1.15. The number of rotatable bonds is 5. The molecule has 1 saturated heterocycles. The number of carbonyl (C=O) groups is 1. The number of anilines is 1. The van der Waals surface area contributed by atoms with E-state index in [-0.39, 0.29) is 5.97 Å². The maximum absolute atomic E-state index is 11.7. The van der Waals surface area contributed by atoms with E-state index in [1.807, 2.05) is 29.2 Å². The van der Waals surface area contributed by atoms with Crippen molar-refractivity contribution in [1.29, 1.82) is 0 Å². The van der Waals surface area contributed by atoms with Crippen LogP contribution >= 0.6 is 12.2 Å². The Kier molecular flexibility index (Phi) is 5.12. The number of hydrogen-bond acceptors (Lipinski definition) is 4. The molecule has 3 rings (SSSR count). The van der Waals surface area contributed by atoms with Crippen LogP contribution in [-0.2, 0) is 11.3 Å². The quantitative estimate of drug-likeness (QED) is 0.626. The summed E-state index contributed by atoms with van der Waals surface area (Å²) in [6.07, 6.45) is 1.68. The fourth-order valence-corrected chi connectivity index (χ4v) is 2.87. The molecule has 2 aromatic rings. The van der Waals surface area contributed by atoms with E-state index in [1.165, 1.54) is 4.90 Å². The number of quaternary nitrogens is 1. The van der Waals surface area contributed by atoms with Gasteiger partial charge in [-0.2, -0.15) is 0 Å². The molecule has 0 aliphatic carbocycles. The molecule has 1 aromatic carbocycles. The first-order valence-electron chi connectivity index (χ1n) is 7.86. The number of nitrogens with zero attached hydrogens (tertiary/aromatic N) is 1. The molecule has 24 heavy (non-hydrogen) atoms. The summed E-state index contributed by atoms with van der Waals surface area (Å²) in [5, 5.41) is 3.92. The summed E-state index contributed by atoms with van der Waals surface area (Å²) < 4.78 is 10.4. The Labute approximate surface area is 146 Å². The highest BCUT2D eigenvalue weighted by molar-refractivity contribution is 7.80. The van der Waals surface area contributed by atoms with Gasteiger partial charge in [0, 0.05) is 5.69 Å². The summed E-state index contributed by atoms with van der Waals surface area (Å²) in [5.41, 5.74) is 1.48. The molecule has 0 saturated carbocycles. The van der Waals surface area contributed by atoms with Gasteiger partial charge in [0.15, 0.2) is 24.2 Å². The topological polar surface area (TPSA) is 59.1 Å². The Bertz CT molecular complexity index is 700. The number of hydrogen-bond donors (Lipinski definition) is 2. The van der Waals surface area contributed by atoms with Gasteiger partial charge in [0.05, 0.1) is 18.4 Å². The van der Waals surface area contributed by atoms with Crippen LogP contribution in [0.1, 0.15) is 23.0 Å². The van der Waals surface area contributed by atoms with Crippen molar-refractivity contribution in [2.45, 2.75) is 13.5 Å². The Balaban J connectivity index is 1.69. The highest BCUT2D eigenvalue weighted by Crippen LogP contribution is 2.16. The van der Waals surface area contributed by atoms with Gasteiger partial charge in [-0.15, -0.1) is 0 Å². The van der Waals surface area contributed by atoms with E-state index >= 15 is 0 Å². The SMILES string of the molecule is CCOC(=O)c1ccc(N2C[NH+](Cc3ccco3)CNC2=S)cc1. The van der Waals surface area contributed by atoms with Crippen LogP contribution in [-0.4, -0.2) is 31.0 Å². The molecular weight excluding hydrogens is 326 g/mol. The molecule has 1 unspecified atom stereocenters. The monoisotopic (exact) mass is 346 g/mol. The van der Waals surface area contributed by atoms with Crippen LogP contribution in [0, 0.1) is 0 Å². The van der Waals surface area contributed by atoms with E-state index in [4.69, 9.17) is 21.4 Å². The van der Waals surface area contributed by atoms with Gasteiger partial charge in [0.25, 0.3) is 0 Å². The summed E-state index contributed by atoms with van der Waals surface area (Å²) in [6.45, 7) is 4.41. The molecule has 2 N–H and O–H groups in total. The van der Waals surface area contributed by atoms with Crippen LogP contribution in [0.5, 0.6) is 0 Å². The van der Waals surface area contributed by atoms with Gasteiger partial charge >= 0.3 is 5.97 Å². The van der Waals surface area contributed by atoms with Crippen molar-refractivity contribution in [2.75, 3.05) is 24.8 Å². The molecule has 0 bridgehead atoms. The van der Waals surface area contributed by atoms with Gasteiger partial charge in [-0.25, -0.2) is 4.79 Å². The number of thiocarbonyl (C=S) groups is 1. The lowest BCUT2D eigenvalue weighted by molar-refractivity contribution is -0.917. The van der Waals surface area contributed by atoms with Crippen molar-refractivity contribution in [3.05, 3.63) is 54.0 Å². The van der Waals surface area contributed by atoms with Crippen LogP contribution in [0.3, 0.4) is 0 Å². The predicted molar refractivity (Wildman–Crippen MR) is 93.7 cm³/mol. The van der Waals surface area contributed by atoms with Crippen molar-refractivity contribution in [3.8, 4) is 0 Å². The highest BCUT2D eigenvalue weighted by Gasteiger charge is 2.25. The Hall–Kier alpha value is -2.38. The molecule has 0 radical (unpaired) electrons. The molecule has 6 nitrogen and oxygen atoms in total. The zero-order valence-corrected chi connectivity index (χ0v) is 14.3. The van der Waals surface area contributed by atoms with Crippen LogP contribution in [0.4, 0.5) is 5.69 Å². The second kappa shape index (κ2) is 7.46. The van der Waals surface area contributed by atoms with Crippen LogP contribution < -0.4 is 15.1 Å². The maximum atomic E-state index is 11.7. The molecule has 1 atom stereocenters. The second-order valence-corrected chi connectivity index (χ2v) is 5.91. The zero-order chi connectivity index (χ0) is 16.9. The summed E-state index contributed by atoms with van der Waals surface area (Å²) in [5.74, 6) is 0.630. The second-order valence-electron chi connectivity index (χ2n) is 5.52. The summed E-state index contributed by atoms with van der Waals surface area (Å²) in [7, 11) is 0. The van der Waals surface area contributed by atoms with Gasteiger partial charge in [-0.05, 0) is 55.5 Å². The van der Waals surface area contributed by atoms with E-state index in [0.29, 0.717) is 17.3 Å². The molecule has 0 amide bonds. The molecule has 7 heteroatoms. The average Bonchev–Trinajstić information content (AvgIpc) is 3.10. The third kappa shape index (κ3) is 3.74. The van der Waals surface area contributed by atoms with Crippen molar-refractivity contribution in [2.24, 2.45) is 0 Å². The van der Waals surface area contributed by atoms with Gasteiger partial charge in [-0.3, -0.25) is 9.80 Å². The molecule has 2 heterocycles. The first-order chi connectivity index (χ1) is 11.7. The average molecular weight is 346 g/mol. The number of carbonyl (C=O) groups excluding carboxylic acids is 1.